The van der Waals surface area contributed by atoms with Crippen molar-refractivity contribution in [3.63, 3.8) is 0 Å². The number of anilines is 1. The highest BCUT2D eigenvalue weighted by atomic mass is 28.4. The van der Waals surface area contributed by atoms with E-state index in [1.165, 1.54) is 6.20 Å². The Bertz CT molecular complexity index is 882. The van der Waals surface area contributed by atoms with Gasteiger partial charge in [0.25, 0.3) is 5.78 Å². The number of hydrogen-bond donors (Lipinski definition) is 1. The Labute approximate surface area is 171 Å². The predicted molar refractivity (Wildman–Crippen MR) is 114 cm³/mol. The van der Waals surface area contributed by atoms with Crippen LogP contribution in [0.3, 0.4) is 0 Å². The van der Waals surface area contributed by atoms with Crippen molar-refractivity contribution in [1.29, 1.82) is 0 Å². The van der Waals surface area contributed by atoms with E-state index in [4.69, 9.17) is 4.43 Å². The highest BCUT2D eigenvalue weighted by Gasteiger charge is 2.41. The van der Waals surface area contributed by atoms with Crippen LogP contribution in [0.4, 0.5) is 18.9 Å². The normalized spacial score (nSPS) is 14.3. The molecule has 2 rings (SSSR count). The van der Waals surface area contributed by atoms with Crippen LogP contribution in [0.25, 0.3) is 10.9 Å². The van der Waals surface area contributed by atoms with Gasteiger partial charge in [0.1, 0.15) is 6.23 Å². The van der Waals surface area contributed by atoms with Gasteiger partial charge in [0.2, 0.25) is 0 Å². The zero-order chi connectivity index (χ0) is 22.2. The smallest absolute Gasteiger partial charge is 0.398 e. The quantitative estimate of drug-likeness (QED) is 0.308. The number of ketones is 1. The van der Waals surface area contributed by atoms with Gasteiger partial charge < -0.3 is 14.3 Å². The number of halogens is 3. The number of alkyl halides is 3. The fourth-order valence-corrected chi connectivity index (χ4v) is 4.33. The predicted octanol–water partition coefficient (Wildman–Crippen LogP) is 6.58. The van der Waals surface area contributed by atoms with Gasteiger partial charge in [-0.2, -0.15) is 13.2 Å². The molecule has 4 nitrogen and oxygen atoms in total. The molecule has 29 heavy (non-hydrogen) atoms. The number of nitrogens with zero attached hydrogens (tertiary/aromatic N) is 1. The molecule has 0 aliphatic rings. The summed E-state index contributed by atoms with van der Waals surface area (Å²) in [5.41, 5.74) is 0.916. The third-order valence-electron chi connectivity index (χ3n) is 5.50. The minimum atomic E-state index is -4.91. The van der Waals surface area contributed by atoms with Crippen LogP contribution in [-0.2, 0) is 11.0 Å². The Hall–Kier alpha value is -1.80. The van der Waals surface area contributed by atoms with E-state index in [0.717, 1.165) is 6.42 Å². The Morgan fingerprint density at radius 3 is 2.38 bits per heavy atom. The first-order valence-electron chi connectivity index (χ1n) is 9.86. The van der Waals surface area contributed by atoms with Gasteiger partial charge in [0.05, 0.1) is 5.56 Å². The number of fused-ring (bicyclic) bond motifs is 1. The van der Waals surface area contributed by atoms with Crippen LogP contribution in [-0.4, -0.2) is 31.1 Å². The second-order valence-electron chi connectivity index (χ2n) is 8.96. The maximum absolute atomic E-state index is 13.1. The zero-order valence-electron chi connectivity index (χ0n) is 18.2. The number of carbonyl (C=O) groups is 1. The molecule has 1 aromatic carbocycles. The van der Waals surface area contributed by atoms with Crippen LogP contribution in [0.15, 0.2) is 24.4 Å². The van der Waals surface area contributed by atoms with E-state index in [1.54, 1.807) is 16.7 Å². The van der Waals surface area contributed by atoms with E-state index in [-0.39, 0.29) is 16.8 Å². The van der Waals surface area contributed by atoms with Crippen LogP contribution >= 0.6 is 0 Å². The van der Waals surface area contributed by atoms with Crippen molar-refractivity contribution >= 4 is 30.7 Å². The van der Waals surface area contributed by atoms with Crippen LogP contribution in [0.5, 0.6) is 0 Å². The van der Waals surface area contributed by atoms with Crippen molar-refractivity contribution in [3.8, 4) is 0 Å². The molecule has 0 fully saturated rings. The van der Waals surface area contributed by atoms with E-state index in [1.807, 2.05) is 19.9 Å². The number of carbonyl (C=O) groups excluding carboxylic acids is 1. The van der Waals surface area contributed by atoms with Gasteiger partial charge in [-0.1, -0.05) is 27.7 Å². The van der Waals surface area contributed by atoms with Gasteiger partial charge in [0, 0.05) is 29.3 Å². The second kappa shape index (κ2) is 8.14. The third-order valence-corrected chi connectivity index (χ3v) is 10.1. The van der Waals surface area contributed by atoms with Gasteiger partial charge in [-0.15, -0.1) is 0 Å². The molecule has 1 atom stereocenters. The number of nitrogens with one attached hydrogen (secondary N) is 1. The van der Waals surface area contributed by atoms with E-state index in [2.05, 4.69) is 39.2 Å². The van der Waals surface area contributed by atoms with Crippen LogP contribution in [0.1, 0.15) is 51.4 Å². The molecule has 162 valence electrons. The first-order chi connectivity index (χ1) is 13.2. The number of aryl methyl sites for hydroxylation is 1. The Balaban J connectivity index is 2.38. The maximum atomic E-state index is 13.1. The van der Waals surface area contributed by atoms with Crippen molar-refractivity contribution in [3.05, 3.63) is 30.0 Å². The lowest BCUT2D eigenvalue weighted by Gasteiger charge is -2.38. The molecular weight excluding hydrogens is 397 g/mol. The molecule has 1 aromatic heterocycles. The number of Topliss-reactive ketones (excluding diaryl/α,β-unsaturated/α-hetero) is 1. The summed E-state index contributed by atoms with van der Waals surface area (Å²) >= 11 is 0. The fraction of sp³-hybridized carbons (Fsp3) is 0.571. The van der Waals surface area contributed by atoms with Gasteiger partial charge >= 0.3 is 6.18 Å². The molecule has 0 spiro atoms. The lowest BCUT2D eigenvalue weighted by molar-refractivity contribution is -0.0884. The summed E-state index contributed by atoms with van der Waals surface area (Å²) in [4.78, 5) is 12.0. The van der Waals surface area contributed by atoms with Crippen molar-refractivity contribution in [2.45, 2.75) is 78.1 Å². The molecular formula is C21H31F3N2O2Si. The van der Waals surface area contributed by atoms with Gasteiger partial charge in [-0.25, -0.2) is 0 Å². The summed E-state index contributed by atoms with van der Waals surface area (Å²) in [6.07, 6.45) is -3.16. The van der Waals surface area contributed by atoms with E-state index < -0.39 is 20.3 Å². The molecule has 8 heteroatoms. The highest BCUT2D eigenvalue weighted by molar-refractivity contribution is 6.74. The lowest BCUT2D eigenvalue weighted by Crippen LogP contribution is -2.45. The molecule has 1 unspecified atom stereocenters. The van der Waals surface area contributed by atoms with Gasteiger partial charge in [-0.05, 0) is 49.7 Å². The largest absolute Gasteiger partial charge is 0.454 e. The zero-order valence-corrected chi connectivity index (χ0v) is 19.2. The lowest BCUT2D eigenvalue weighted by atomic mass is 10.1. The molecule has 2 aromatic rings. The Morgan fingerprint density at radius 2 is 1.86 bits per heavy atom. The molecule has 1 heterocycles. The molecule has 0 saturated carbocycles. The summed E-state index contributed by atoms with van der Waals surface area (Å²) in [6, 6.07) is 5.16. The molecule has 1 N–H and O–H groups in total. The van der Waals surface area contributed by atoms with E-state index in [9.17, 15) is 18.0 Å². The molecule has 0 aliphatic carbocycles. The Kier molecular flexibility index (Phi) is 6.59. The molecule has 0 radical (unpaired) electrons. The first kappa shape index (κ1) is 23.5. The maximum Gasteiger partial charge on any atom is 0.454 e. The minimum Gasteiger partial charge on any atom is -0.398 e. The third kappa shape index (κ3) is 5.22. The standard InChI is InChI=1S/C21H31F3N2O2Si/c1-8-11-26-13-17(19(27)21(22,23)24)16-12-15(9-10-18(16)26)25-14(2)28-29(6,7)20(3,4)5/h9-10,12-14,25H,8,11H2,1-7H3. The summed E-state index contributed by atoms with van der Waals surface area (Å²) in [7, 11) is -2.01. The van der Waals surface area contributed by atoms with Gasteiger partial charge in [0.15, 0.2) is 8.32 Å². The van der Waals surface area contributed by atoms with E-state index >= 15 is 0 Å². The molecule has 0 bridgehead atoms. The van der Waals surface area contributed by atoms with E-state index in [0.29, 0.717) is 23.1 Å². The molecule has 0 amide bonds. The fourth-order valence-electron chi connectivity index (χ4n) is 3.03. The van der Waals surface area contributed by atoms with Crippen molar-refractivity contribution in [1.82, 2.24) is 4.57 Å². The first-order valence-corrected chi connectivity index (χ1v) is 12.8. The monoisotopic (exact) mass is 428 g/mol. The summed E-state index contributed by atoms with van der Waals surface area (Å²) < 4.78 is 47.2. The van der Waals surface area contributed by atoms with Crippen LogP contribution in [0.2, 0.25) is 18.1 Å². The summed E-state index contributed by atoms with van der Waals surface area (Å²) in [5.74, 6) is -1.82. The topological polar surface area (TPSA) is 43.3 Å². The average molecular weight is 429 g/mol. The summed E-state index contributed by atoms with van der Waals surface area (Å²) in [6.45, 7) is 15.1. The number of benzene rings is 1. The minimum absolute atomic E-state index is 0.0383. The molecule has 0 aliphatic heterocycles. The van der Waals surface area contributed by atoms with Crippen molar-refractivity contribution in [2.75, 3.05) is 5.32 Å². The SMILES string of the molecule is CCCn1cc(C(=O)C(F)(F)F)c2cc(NC(C)O[Si](C)(C)C(C)(C)C)ccc21. The number of rotatable bonds is 7. The Morgan fingerprint density at radius 1 is 1.24 bits per heavy atom. The second-order valence-corrected chi connectivity index (χ2v) is 13.7. The highest BCUT2D eigenvalue weighted by Crippen LogP contribution is 2.37. The van der Waals surface area contributed by atoms with Crippen molar-refractivity contribution in [2.24, 2.45) is 0 Å². The molecule has 0 saturated heterocycles. The average Bonchev–Trinajstić information content (AvgIpc) is 2.90. The number of aromatic nitrogens is 1. The van der Waals surface area contributed by atoms with Crippen LogP contribution < -0.4 is 5.32 Å². The number of hydrogen-bond acceptors (Lipinski definition) is 3. The van der Waals surface area contributed by atoms with Crippen molar-refractivity contribution < 1.29 is 22.4 Å². The van der Waals surface area contributed by atoms with Gasteiger partial charge in [-0.3, -0.25) is 4.79 Å². The summed E-state index contributed by atoms with van der Waals surface area (Å²) in [5, 5.41) is 3.55. The van der Waals surface area contributed by atoms with Crippen LogP contribution in [0, 0.1) is 0 Å².